The monoisotopic (exact) mass is 832 g/mol. The highest BCUT2D eigenvalue weighted by atomic mass is 35.5. The van der Waals surface area contributed by atoms with Crippen molar-refractivity contribution in [2.75, 3.05) is 13.2 Å². The van der Waals surface area contributed by atoms with Gasteiger partial charge in [-0.1, -0.05) is 183 Å². The van der Waals surface area contributed by atoms with Crippen LogP contribution in [0.5, 0.6) is 5.19 Å². The van der Waals surface area contributed by atoms with Crippen LogP contribution in [0.2, 0.25) is 5.02 Å². The van der Waals surface area contributed by atoms with Crippen LogP contribution >= 0.6 is 22.9 Å². The van der Waals surface area contributed by atoms with Gasteiger partial charge < -0.3 is 28.4 Å². The molecule has 59 heavy (non-hydrogen) atoms. The third-order valence-electron chi connectivity index (χ3n) is 10.3. The number of ether oxygens (including phenoxy) is 6. The van der Waals surface area contributed by atoms with Crippen LogP contribution in [-0.4, -0.2) is 47.8 Å². The van der Waals surface area contributed by atoms with Gasteiger partial charge in [0.25, 0.3) is 5.19 Å². The van der Waals surface area contributed by atoms with E-state index in [0.29, 0.717) is 49.7 Å². The van der Waals surface area contributed by atoms with Crippen LogP contribution in [0, 0.1) is 0 Å². The van der Waals surface area contributed by atoms with Crippen LogP contribution in [0.1, 0.15) is 77.1 Å². The maximum absolute atomic E-state index is 7.17. The van der Waals surface area contributed by atoms with Gasteiger partial charge in [-0.15, -0.1) is 10.2 Å². The van der Waals surface area contributed by atoms with E-state index in [9.17, 15) is 0 Å². The van der Waals surface area contributed by atoms with Crippen molar-refractivity contribution < 1.29 is 28.4 Å². The Hall–Kier alpha value is -4.45. The molecule has 7 rings (SSSR count). The Morgan fingerprint density at radius 1 is 0.610 bits per heavy atom. The summed E-state index contributed by atoms with van der Waals surface area (Å²) in [4.78, 5) is 0. The first kappa shape index (κ1) is 42.7. The summed E-state index contributed by atoms with van der Waals surface area (Å²) in [6.45, 7) is 4.61. The van der Waals surface area contributed by atoms with E-state index in [1.807, 2.05) is 84.9 Å². The Kier molecular flexibility index (Phi) is 16.5. The second-order valence-electron chi connectivity index (χ2n) is 14.8. The molecule has 0 amide bonds. The van der Waals surface area contributed by atoms with E-state index in [4.69, 9.17) is 40.0 Å². The molecule has 0 saturated carbocycles. The molecule has 6 aromatic rings. The lowest BCUT2D eigenvalue weighted by molar-refractivity contribution is -0.275. The third kappa shape index (κ3) is 12.8. The molecule has 10 heteroatoms. The van der Waals surface area contributed by atoms with Crippen molar-refractivity contribution in [2.45, 2.75) is 96.0 Å². The predicted molar refractivity (Wildman–Crippen MR) is 233 cm³/mol. The zero-order valence-corrected chi connectivity index (χ0v) is 35.1. The van der Waals surface area contributed by atoms with E-state index < -0.39 is 30.5 Å². The first-order valence-corrected chi connectivity index (χ1v) is 21.8. The van der Waals surface area contributed by atoms with Crippen molar-refractivity contribution in [1.29, 1.82) is 0 Å². The lowest BCUT2D eigenvalue weighted by atomic mass is 9.89. The molecule has 1 aliphatic rings. The highest BCUT2D eigenvalue weighted by Crippen LogP contribution is 2.40. The molecule has 2 heterocycles. The second kappa shape index (κ2) is 22.8. The third-order valence-corrected chi connectivity index (χ3v) is 11.5. The molecule has 5 atom stereocenters. The van der Waals surface area contributed by atoms with E-state index in [0.717, 1.165) is 51.2 Å². The molecule has 0 unspecified atom stereocenters. The van der Waals surface area contributed by atoms with Crippen molar-refractivity contribution in [1.82, 2.24) is 10.2 Å². The molecule has 1 fully saturated rings. The summed E-state index contributed by atoms with van der Waals surface area (Å²) >= 11 is 8.37. The van der Waals surface area contributed by atoms with Gasteiger partial charge in [-0.2, -0.15) is 0 Å². The van der Waals surface area contributed by atoms with Crippen molar-refractivity contribution >= 4 is 22.9 Å². The summed E-state index contributed by atoms with van der Waals surface area (Å²) in [6, 6.07) is 46.7. The summed E-state index contributed by atoms with van der Waals surface area (Å²) in [6.07, 6.45) is 2.27. The standard InChI is InChI=1S/C49H53ClN2O6S/c1-2-3-4-17-28-54-49-52-51-44(59-49)30-41-29-40(26-27-42(41)50)45-47(56-33-38-22-13-7-14-23-38)48(57-34-39-24-15-8-16-25-39)46(55-32-37-20-11-6-12-21-37)43(58-45)35-53-31-36-18-9-5-10-19-36/h5-16,18-27,29,43,45-48H,2-4,17,28,30-35H2,1H3/t43-,45+,46-,47+,48+/m1/s1. The maximum atomic E-state index is 7.17. The van der Waals surface area contributed by atoms with Crippen molar-refractivity contribution in [3.05, 3.63) is 183 Å². The average molecular weight is 833 g/mol. The lowest BCUT2D eigenvalue weighted by Crippen LogP contribution is -2.58. The molecular formula is C49H53ClN2O6S. The normalized spacial score (nSPS) is 19.1. The van der Waals surface area contributed by atoms with Crippen LogP contribution in [0.3, 0.4) is 0 Å². The topological polar surface area (TPSA) is 81.2 Å². The number of aromatic nitrogens is 2. The predicted octanol–water partition coefficient (Wildman–Crippen LogP) is 11.2. The van der Waals surface area contributed by atoms with Crippen molar-refractivity contribution in [2.24, 2.45) is 0 Å². The largest absolute Gasteiger partial charge is 0.469 e. The summed E-state index contributed by atoms with van der Waals surface area (Å²) in [5.74, 6) is 0. The van der Waals surface area contributed by atoms with Gasteiger partial charge in [0, 0.05) is 11.4 Å². The Labute approximate surface area is 357 Å². The summed E-state index contributed by atoms with van der Waals surface area (Å²) < 4.78 is 40.3. The molecule has 1 aliphatic heterocycles. The highest BCUT2D eigenvalue weighted by Gasteiger charge is 2.49. The van der Waals surface area contributed by atoms with E-state index in [2.05, 4.69) is 71.7 Å². The van der Waals surface area contributed by atoms with Crippen LogP contribution in [0.15, 0.2) is 140 Å². The Bertz CT molecular complexity index is 2090. The molecule has 0 aliphatic carbocycles. The molecule has 0 N–H and O–H groups in total. The van der Waals surface area contributed by atoms with E-state index in [-0.39, 0.29) is 6.61 Å². The first-order valence-electron chi connectivity index (χ1n) is 20.6. The Morgan fingerprint density at radius 2 is 1.17 bits per heavy atom. The fraction of sp³-hybridized carbons (Fsp3) is 0.347. The molecule has 0 radical (unpaired) electrons. The molecule has 8 nitrogen and oxygen atoms in total. The number of hydrogen-bond acceptors (Lipinski definition) is 9. The number of halogens is 1. The van der Waals surface area contributed by atoms with Crippen molar-refractivity contribution in [3.8, 4) is 5.19 Å². The summed E-state index contributed by atoms with van der Waals surface area (Å²) in [5.41, 5.74) is 6.02. The van der Waals surface area contributed by atoms with Gasteiger partial charge in [-0.3, -0.25) is 0 Å². The number of rotatable bonds is 22. The maximum Gasteiger partial charge on any atom is 0.294 e. The fourth-order valence-electron chi connectivity index (χ4n) is 7.18. The summed E-state index contributed by atoms with van der Waals surface area (Å²) in [7, 11) is 0. The smallest absolute Gasteiger partial charge is 0.294 e. The molecule has 0 bridgehead atoms. The minimum Gasteiger partial charge on any atom is -0.469 e. The van der Waals surface area contributed by atoms with Crippen molar-refractivity contribution in [3.63, 3.8) is 0 Å². The Balaban J connectivity index is 1.21. The van der Waals surface area contributed by atoms with E-state index in [1.54, 1.807) is 0 Å². The SMILES string of the molecule is CCCCCCOc1nnc(Cc2cc([C@@H]3O[C@H](COCc4ccccc4)[C@@H](OCc4ccccc4)[C@H](OCc4ccccc4)[C@H]3OCc3ccccc3)ccc2Cl)s1. The Morgan fingerprint density at radius 3 is 1.76 bits per heavy atom. The van der Waals surface area contributed by atoms with Crippen LogP contribution in [0.4, 0.5) is 0 Å². The van der Waals surface area contributed by atoms with Crippen LogP contribution < -0.4 is 4.74 Å². The quantitative estimate of drug-likeness (QED) is 0.0626. The molecule has 1 aromatic heterocycles. The fourth-order valence-corrected chi connectivity index (χ4v) is 8.10. The number of hydrogen-bond donors (Lipinski definition) is 0. The van der Waals surface area contributed by atoms with Gasteiger partial charge in [-0.05, 0) is 45.9 Å². The molecular weight excluding hydrogens is 780 g/mol. The minimum absolute atomic E-state index is 0.272. The number of benzene rings is 5. The second-order valence-corrected chi connectivity index (χ2v) is 16.2. The van der Waals surface area contributed by atoms with E-state index >= 15 is 0 Å². The number of nitrogens with zero attached hydrogens (tertiary/aromatic N) is 2. The summed E-state index contributed by atoms with van der Waals surface area (Å²) in [5, 5.41) is 10.8. The van der Waals surface area contributed by atoms with Crippen LogP contribution in [-0.2, 0) is 56.5 Å². The van der Waals surface area contributed by atoms with Gasteiger partial charge in [-0.25, -0.2) is 0 Å². The number of unbranched alkanes of at least 4 members (excludes halogenated alkanes) is 3. The average Bonchev–Trinajstić information content (AvgIpc) is 3.73. The minimum atomic E-state index is -0.576. The van der Waals surface area contributed by atoms with Gasteiger partial charge >= 0.3 is 0 Å². The van der Waals surface area contributed by atoms with Gasteiger partial charge in [0.1, 0.15) is 35.5 Å². The molecule has 0 spiro atoms. The van der Waals surface area contributed by atoms with Gasteiger partial charge in [0.15, 0.2) is 0 Å². The highest BCUT2D eigenvalue weighted by molar-refractivity contribution is 7.13. The molecule has 308 valence electrons. The van der Waals surface area contributed by atoms with E-state index in [1.165, 1.54) is 24.2 Å². The van der Waals surface area contributed by atoms with Gasteiger partial charge in [0.2, 0.25) is 0 Å². The van der Waals surface area contributed by atoms with Crippen LogP contribution in [0.25, 0.3) is 0 Å². The zero-order valence-electron chi connectivity index (χ0n) is 33.6. The molecule has 5 aromatic carbocycles. The lowest BCUT2D eigenvalue weighted by Gasteiger charge is -2.46. The first-order chi connectivity index (χ1) is 29.1. The molecule has 1 saturated heterocycles. The zero-order chi connectivity index (χ0) is 40.5. The van der Waals surface area contributed by atoms with Gasteiger partial charge in [0.05, 0.1) is 39.6 Å².